The fraction of sp³-hybridized carbons (Fsp3) is 0.125. The number of hydrogen-bond acceptors (Lipinski definition) is 3. The van der Waals surface area contributed by atoms with Crippen molar-refractivity contribution in [2.45, 2.75) is 12.5 Å². The molecule has 1 aliphatic heterocycles. The molecule has 2 aromatic carbocycles. The third-order valence-electron chi connectivity index (χ3n) is 3.28. The van der Waals surface area contributed by atoms with Crippen LogP contribution in [0.4, 0.5) is 5.69 Å². The number of cyclic esters (lactones) is 1. The maximum atomic E-state index is 12.2. The smallest absolute Gasteiger partial charge is 0.339 e. The molecule has 0 saturated carbocycles. The van der Waals surface area contributed by atoms with Crippen LogP contribution in [0.2, 0.25) is 0 Å². The summed E-state index contributed by atoms with van der Waals surface area (Å²) in [5.41, 5.74) is 2.02. The Kier molecular flexibility index (Phi) is 3.75. The average Bonchev–Trinajstić information content (AvgIpc) is 2.47. The number of carbonyl (C=O) groups is 2. The molecule has 0 radical (unpaired) electrons. The Labute approximate surface area is 130 Å². The second-order valence-electron chi connectivity index (χ2n) is 4.75. The molecule has 3 rings (SSSR count). The zero-order chi connectivity index (χ0) is 14.8. The molecule has 4 nitrogen and oxygen atoms in total. The van der Waals surface area contributed by atoms with Gasteiger partial charge in [0, 0.05) is 16.6 Å². The van der Waals surface area contributed by atoms with Crippen molar-refractivity contribution < 1.29 is 14.3 Å². The first-order valence-electron chi connectivity index (χ1n) is 6.49. The second kappa shape index (κ2) is 5.69. The van der Waals surface area contributed by atoms with Crippen LogP contribution in [0.1, 0.15) is 15.9 Å². The fourth-order valence-electron chi connectivity index (χ4n) is 2.27. The van der Waals surface area contributed by atoms with Crippen LogP contribution in [-0.4, -0.2) is 18.0 Å². The summed E-state index contributed by atoms with van der Waals surface area (Å²) < 4.78 is 6.08. The highest BCUT2D eigenvalue weighted by molar-refractivity contribution is 9.10. The summed E-state index contributed by atoms with van der Waals surface area (Å²) >= 11 is 3.34. The third-order valence-corrected chi connectivity index (χ3v) is 3.77. The van der Waals surface area contributed by atoms with Crippen molar-refractivity contribution in [2.24, 2.45) is 0 Å². The van der Waals surface area contributed by atoms with Crippen LogP contribution >= 0.6 is 15.9 Å². The number of halogens is 1. The molecule has 1 atom stereocenters. The summed E-state index contributed by atoms with van der Waals surface area (Å²) in [6.45, 7) is 0. The number of carbonyl (C=O) groups excluding carboxylic acids is 2. The molecule has 21 heavy (non-hydrogen) atoms. The quantitative estimate of drug-likeness (QED) is 0.850. The molecule has 2 aromatic rings. The lowest BCUT2D eigenvalue weighted by Gasteiger charge is -2.23. The molecule has 1 aliphatic rings. The Morgan fingerprint density at radius 1 is 1.19 bits per heavy atom. The van der Waals surface area contributed by atoms with Gasteiger partial charge in [-0.05, 0) is 29.8 Å². The lowest BCUT2D eigenvalue weighted by Crippen LogP contribution is -2.37. The van der Waals surface area contributed by atoms with Gasteiger partial charge in [0.2, 0.25) is 0 Å². The Morgan fingerprint density at radius 3 is 2.81 bits per heavy atom. The SMILES string of the molecule is O=C1OC(C(=O)Nc2cccc(Br)c2)Cc2ccccc21. The van der Waals surface area contributed by atoms with Gasteiger partial charge in [0.1, 0.15) is 0 Å². The molecular weight excluding hydrogens is 334 g/mol. The first kappa shape index (κ1) is 13.8. The molecule has 0 bridgehead atoms. The number of nitrogens with one attached hydrogen (secondary N) is 1. The van der Waals surface area contributed by atoms with Crippen LogP contribution in [0.15, 0.2) is 53.0 Å². The summed E-state index contributed by atoms with van der Waals surface area (Å²) in [5, 5.41) is 2.76. The van der Waals surface area contributed by atoms with E-state index in [0.717, 1.165) is 10.0 Å². The highest BCUT2D eigenvalue weighted by atomic mass is 79.9. The predicted molar refractivity (Wildman–Crippen MR) is 82.1 cm³/mol. The largest absolute Gasteiger partial charge is 0.448 e. The van der Waals surface area contributed by atoms with Gasteiger partial charge in [0.15, 0.2) is 6.10 Å². The minimum Gasteiger partial charge on any atom is -0.448 e. The molecule has 0 aliphatic carbocycles. The Hall–Kier alpha value is -2.14. The van der Waals surface area contributed by atoms with Crippen molar-refractivity contribution in [1.29, 1.82) is 0 Å². The zero-order valence-corrected chi connectivity index (χ0v) is 12.6. The number of ether oxygens (including phenoxy) is 1. The van der Waals surface area contributed by atoms with Crippen molar-refractivity contribution in [2.75, 3.05) is 5.32 Å². The first-order valence-corrected chi connectivity index (χ1v) is 7.28. The molecule has 0 fully saturated rings. The number of anilines is 1. The summed E-state index contributed by atoms with van der Waals surface area (Å²) in [6, 6.07) is 14.4. The first-order chi connectivity index (χ1) is 10.1. The zero-order valence-electron chi connectivity index (χ0n) is 11.0. The van der Waals surface area contributed by atoms with E-state index in [1.165, 1.54) is 0 Å². The van der Waals surface area contributed by atoms with Gasteiger partial charge in [-0.25, -0.2) is 4.79 Å². The van der Waals surface area contributed by atoms with Gasteiger partial charge in [-0.2, -0.15) is 0 Å². The number of fused-ring (bicyclic) bond motifs is 1. The number of hydrogen-bond donors (Lipinski definition) is 1. The average molecular weight is 346 g/mol. The van der Waals surface area contributed by atoms with E-state index in [9.17, 15) is 9.59 Å². The molecule has 0 spiro atoms. The van der Waals surface area contributed by atoms with E-state index in [2.05, 4.69) is 21.2 Å². The van der Waals surface area contributed by atoms with Crippen molar-refractivity contribution in [3.8, 4) is 0 Å². The van der Waals surface area contributed by atoms with E-state index in [4.69, 9.17) is 4.74 Å². The van der Waals surface area contributed by atoms with E-state index in [-0.39, 0.29) is 5.91 Å². The summed E-state index contributed by atoms with van der Waals surface area (Å²) in [4.78, 5) is 24.1. The molecule has 106 valence electrons. The fourth-order valence-corrected chi connectivity index (χ4v) is 2.67. The van der Waals surface area contributed by atoms with E-state index in [0.29, 0.717) is 17.7 Å². The van der Waals surface area contributed by atoms with E-state index < -0.39 is 12.1 Å². The molecular formula is C16H12BrNO3. The molecule has 1 unspecified atom stereocenters. The normalized spacial score (nSPS) is 16.8. The van der Waals surface area contributed by atoms with E-state index in [1.807, 2.05) is 24.3 Å². The van der Waals surface area contributed by atoms with Gasteiger partial charge in [-0.3, -0.25) is 4.79 Å². The standard InChI is InChI=1S/C16H12BrNO3/c17-11-5-3-6-12(9-11)18-15(19)14-8-10-4-1-2-7-13(10)16(20)21-14/h1-7,9,14H,8H2,(H,18,19). The molecule has 1 amide bonds. The van der Waals surface area contributed by atoms with Crippen LogP contribution in [0.25, 0.3) is 0 Å². The highest BCUT2D eigenvalue weighted by Gasteiger charge is 2.30. The lowest BCUT2D eigenvalue weighted by atomic mass is 9.98. The van der Waals surface area contributed by atoms with Gasteiger partial charge in [0.05, 0.1) is 5.56 Å². The topological polar surface area (TPSA) is 55.4 Å². The van der Waals surface area contributed by atoms with Gasteiger partial charge in [0.25, 0.3) is 5.91 Å². The van der Waals surface area contributed by atoms with Crippen molar-refractivity contribution >= 4 is 33.5 Å². The van der Waals surface area contributed by atoms with Gasteiger partial charge >= 0.3 is 5.97 Å². The highest BCUT2D eigenvalue weighted by Crippen LogP contribution is 2.22. The van der Waals surface area contributed by atoms with E-state index in [1.54, 1.807) is 24.3 Å². The molecule has 5 heteroatoms. The van der Waals surface area contributed by atoms with Crippen LogP contribution in [-0.2, 0) is 16.0 Å². The van der Waals surface area contributed by atoms with Gasteiger partial charge < -0.3 is 10.1 Å². The Morgan fingerprint density at radius 2 is 2.00 bits per heavy atom. The van der Waals surface area contributed by atoms with Crippen LogP contribution < -0.4 is 5.32 Å². The van der Waals surface area contributed by atoms with Crippen molar-refractivity contribution in [1.82, 2.24) is 0 Å². The third kappa shape index (κ3) is 2.97. The van der Waals surface area contributed by atoms with Crippen LogP contribution in [0, 0.1) is 0 Å². The van der Waals surface area contributed by atoms with Crippen LogP contribution in [0.3, 0.4) is 0 Å². The summed E-state index contributed by atoms with van der Waals surface area (Å²) in [6.07, 6.45) is -0.409. The number of rotatable bonds is 2. The lowest BCUT2D eigenvalue weighted by molar-refractivity contribution is -0.125. The maximum Gasteiger partial charge on any atom is 0.339 e. The van der Waals surface area contributed by atoms with Gasteiger partial charge in [-0.1, -0.05) is 40.2 Å². The van der Waals surface area contributed by atoms with Crippen molar-refractivity contribution in [3.05, 3.63) is 64.1 Å². The summed E-state index contributed by atoms with van der Waals surface area (Å²) in [5.74, 6) is -0.776. The minimum absolute atomic E-state index is 0.323. The number of benzene rings is 2. The number of esters is 1. The Balaban J connectivity index is 1.76. The van der Waals surface area contributed by atoms with E-state index >= 15 is 0 Å². The number of amides is 1. The molecule has 1 heterocycles. The second-order valence-corrected chi connectivity index (χ2v) is 5.67. The molecule has 1 N–H and O–H groups in total. The van der Waals surface area contributed by atoms with Crippen molar-refractivity contribution in [3.63, 3.8) is 0 Å². The predicted octanol–water partition coefficient (Wildman–Crippen LogP) is 3.17. The maximum absolute atomic E-state index is 12.2. The summed E-state index contributed by atoms with van der Waals surface area (Å²) in [7, 11) is 0. The minimum atomic E-state index is -0.800. The monoisotopic (exact) mass is 345 g/mol. The van der Waals surface area contributed by atoms with Crippen LogP contribution in [0.5, 0.6) is 0 Å². The Bertz CT molecular complexity index is 714. The molecule has 0 saturated heterocycles. The van der Waals surface area contributed by atoms with Gasteiger partial charge in [-0.15, -0.1) is 0 Å². The molecule has 0 aromatic heterocycles.